The van der Waals surface area contributed by atoms with Gasteiger partial charge in [0.1, 0.15) is 23.9 Å². The molecule has 28 heavy (non-hydrogen) atoms. The van der Waals surface area contributed by atoms with E-state index in [1.807, 2.05) is 54.6 Å². The molecule has 0 aromatic heterocycles. The van der Waals surface area contributed by atoms with Gasteiger partial charge in [-0.1, -0.05) is 30.3 Å². The summed E-state index contributed by atoms with van der Waals surface area (Å²) in [5.41, 5.74) is 6.53. The monoisotopic (exact) mass is 373 g/mol. The van der Waals surface area contributed by atoms with Gasteiger partial charge in [-0.3, -0.25) is 10.4 Å². The van der Waals surface area contributed by atoms with Crippen molar-refractivity contribution in [2.24, 2.45) is 4.99 Å². The van der Waals surface area contributed by atoms with Crippen LogP contribution in [0.4, 0.5) is 11.4 Å². The summed E-state index contributed by atoms with van der Waals surface area (Å²) >= 11 is 0. The number of benzene rings is 3. The smallest absolute Gasteiger partial charge is 0.123 e. The molecule has 4 rings (SSSR count). The number of nitrogens with one attached hydrogen (secondary N) is 1. The minimum absolute atomic E-state index is 0.570. The number of aliphatic imine (C=N–C) groups is 1. The van der Waals surface area contributed by atoms with Gasteiger partial charge < -0.3 is 9.47 Å². The van der Waals surface area contributed by atoms with Crippen LogP contribution in [0.15, 0.2) is 83.9 Å². The highest BCUT2D eigenvalue weighted by Crippen LogP contribution is 2.23. The molecule has 5 nitrogen and oxygen atoms in total. The van der Waals surface area contributed by atoms with Crippen molar-refractivity contribution in [3.05, 3.63) is 84.4 Å². The van der Waals surface area contributed by atoms with E-state index in [9.17, 15) is 0 Å². The van der Waals surface area contributed by atoms with Crippen molar-refractivity contribution in [3.8, 4) is 11.5 Å². The third-order valence-corrected chi connectivity index (χ3v) is 4.57. The average Bonchev–Trinajstić information content (AvgIpc) is 3.22. The number of nitrogens with zero attached hydrogens (tertiary/aromatic N) is 2. The number of rotatable bonds is 6. The maximum atomic E-state index is 5.86. The number of hydrazine groups is 1. The standard InChI is InChI=1S/C23H23N3O2/c1-27-21-11-7-19(8-12-21)24-23-15-16-26(25-23)20-9-13-22(14-10-20)28-17-18-5-3-2-4-6-18/h2-14H,15-17H2,1H3,(H,24,25). The molecule has 3 aromatic rings. The van der Waals surface area contributed by atoms with Gasteiger partial charge in [0.05, 0.1) is 18.5 Å². The molecule has 1 fully saturated rings. The van der Waals surface area contributed by atoms with Gasteiger partial charge in [0.25, 0.3) is 0 Å². The van der Waals surface area contributed by atoms with E-state index in [0.717, 1.165) is 47.2 Å². The summed E-state index contributed by atoms with van der Waals surface area (Å²) in [6.07, 6.45) is 0.873. The molecule has 0 spiro atoms. The molecule has 1 saturated heterocycles. The summed E-state index contributed by atoms with van der Waals surface area (Å²) in [6.45, 7) is 1.44. The zero-order valence-corrected chi connectivity index (χ0v) is 15.8. The molecule has 5 heteroatoms. The maximum absolute atomic E-state index is 5.86. The Kier molecular flexibility index (Phi) is 5.43. The van der Waals surface area contributed by atoms with Crippen molar-refractivity contribution in [2.45, 2.75) is 13.0 Å². The van der Waals surface area contributed by atoms with Gasteiger partial charge in [-0.2, -0.15) is 0 Å². The normalized spacial score (nSPS) is 14.8. The molecule has 0 amide bonds. The molecule has 3 aromatic carbocycles. The first-order valence-electron chi connectivity index (χ1n) is 9.33. The molecular formula is C23H23N3O2. The van der Waals surface area contributed by atoms with Crippen molar-refractivity contribution in [1.29, 1.82) is 0 Å². The molecule has 0 radical (unpaired) electrons. The number of anilines is 1. The Morgan fingerprint density at radius 1 is 0.893 bits per heavy atom. The van der Waals surface area contributed by atoms with E-state index in [1.54, 1.807) is 7.11 Å². The minimum Gasteiger partial charge on any atom is -0.497 e. The van der Waals surface area contributed by atoms with Gasteiger partial charge in [-0.05, 0) is 54.1 Å². The average molecular weight is 373 g/mol. The molecule has 1 N–H and O–H groups in total. The first kappa shape index (κ1) is 17.9. The molecule has 0 bridgehead atoms. The third kappa shape index (κ3) is 4.43. The summed E-state index contributed by atoms with van der Waals surface area (Å²) in [5.74, 6) is 2.65. The highest BCUT2D eigenvalue weighted by molar-refractivity contribution is 5.89. The summed E-state index contributed by atoms with van der Waals surface area (Å²) in [4.78, 5) is 4.67. The quantitative estimate of drug-likeness (QED) is 0.679. The summed E-state index contributed by atoms with van der Waals surface area (Å²) in [6, 6.07) is 26.0. The van der Waals surface area contributed by atoms with Crippen LogP contribution in [0.3, 0.4) is 0 Å². The van der Waals surface area contributed by atoms with Crippen molar-refractivity contribution in [1.82, 2.24) is 5.43 Å². The van der Waals surface area contributed by atoms with Crippen molar-refractivity contribution in [2.75, 3.05) is 18.7 Å². The fourth-order valence-corrected chi connectivity index (χ4v) is 3.04. The largest absolute Gasteiger partial charge is 0.497 e. The second-order valence-corrected chi connectivity index (χ2v) is 6.54. The van der Waals surface area contributed by atoms with Gasteiger partial charge in [-0.15, -0.1) is 0 Å². The molecular weight excluding hydrogens is 350 g/mol. The maximum Gasteiger partial charge on any atom is 0.123 e. The summed E-state index contributed by atoms with van der Waals surface area (Å²) < 4.78 is 11.0. The fraction of sp³-hybridized carbons (Fsp3) is 0.174. The third-order valence-electron chi connectivity index (χ3n) is 4.57. The van der Waals surface area contributed by atoms with E-state index in [-0.39, 0.29) is 0 Å². The van der Waals surface area contributed by atoms with Gasteiger partial charge in [0.2, 0.25) is 0 Å². The highest BCUT2D eigenvalue weighted by atomic mass is 16.5. The Bertz CT molecular complexity index is 922. The number of hydrogen-bond acceptors (Lipinski definition) is 4. The highest BCUT2D eigenvalue weighted by Gasteiger charge is 2.17. The first-order valence-corrected chi connectivity index (χ1v) is 9.33. The second kappa shape index (κ2) is 8.48. The lowest BCUT2D eigenvalue weighted by molar-refractivity contribution is 0.306. The number of methoxy groups -OCH3 is 1. The van der Waals surface area contributed by atoms with Crippen LogP contribution in [0.1, 0.15) is 12.0 Å². The van der Waals surface area contributed by atoms with E-state index in [2.05, 4.69) is 39.7 Å². The van der Waals surface area contributed by atoms with E-state index in [1.165, 1.54) is 0 Å². The van der Waals surface area contributed by atoms with Gasteiger partial charge in [0, 0.05) is 13.0 Å². The van der Waals surface area contributed by atoms with Crippen LogP contribution in [0.5, 0.6) is 11.5 Å². The van der Waals surface area contributed by atoms with Crippen molar-refractivity contribution in [3.63, 3.8) is 0 Å². The minimum atomic E-state index is 0.570. The van der Waals surface area contributed by atoms with Crippen LogP contribution in [0, 0.1) is 0 Å². The molecule has 142 valence electrons. The predicted molar refractivity (Wildman–Crippen MR) is 112 cm³/mol. The van der Waals surface area contributed by atoms with E-state index in [0.29, 0.717) is 6.61 Å². The zero-order valence-electron chi connectivity index (χ0n) is 15.8. The molecule has 1 aliphatic rings. The number of hydrogen-bond donors (Lipinski definition) is 1. The summed E-state index contributed by atoms with van der Waals surface area (Å²) in [7, 11) is 1.66. The van der Waals surface area contributed by atoms with Crippen molar-refractivity contribution < 1.29 is 9.47 Å². The van der Waals surface area contributed by atoms with E-state index in [4.69, 9.17) is 9.47 Å². The lowest BCUT2D eigenvalue weighted by Gasteiger charge is -2.18. The molecule has 0 atom stereocenters. The Morgan fingerprint density at radius 3 is 2.32 bits per heavy atom. The fourth-order valence-electron chi connectivity index (χ4n) is 3.04. The summed E-state index contributed by atoms with van der Waals surface area (Å²) in [5, 5.41) is 2.10. The SMILES string of the molecule is COc1ccc(N=C2CCN(c3ccc(OCc4ccccc4)cc3)N2)cc1. The van der Waals surface area contributed by atoms with Crippen molar-refractivity contribution >= 4 is 17.2 Å². The molecule has 0 aliphatic carbocycles. The predicted octanol–water partition coefficient (Wildman–Crippen LogP) is 4.72. The van der Waals surface area contributed by atoms with E-state index < -0.39 is 0 Å². The lowest BCUT2D eigenvalue weighted by atomic mass is 10.2. The number of ether oxygens (including phenoxy) is 2. The van der Waals surface area contributed by atoms with Crippen LogP contribution in [0.25, 0.3) is 0 Å². The Morgan fingerprint density at radius 2 is 1.61 bits per heavy atom. The molecule has 0 unspecified atom stereocenters. The van der Waals surface area contributed by atoms with Crippen LogP contribution < -0.4 is 19.9 Å². The van der Waals surface area contributed by atoms with Gasteiger partial charge in [0.15, 0.2) is 0 Å². The topological polar surface area (TPSA) is 46.1 Å². The van der Waals surface area contributed by atoms with Crippen LogP contribution >= 0.6 is 0 Å². The molecule has 1 aliphatic heterocycles. The first-order chi connectivity index (χ1) is 13.8. The molecule has 1 heterocycles. The van der Waals surface area contributed by atoms with Gasteiger partial charge >= 0.3 is 0 Å². The van der Waals surface area contributed by atoms with Crippen LogP contribution in [0.2, 0.25) is 0 Å². The second-order valence-electron chi connectivity index (χ2n) is 6.54. The van der Waals surface area contributed by atoms with Crippen LogP contribution in [-0.2, 0) is 6.61 Å². The zero-order chi connectivity index (χ0) is 19.2. The Hall–Kier alpha value is -3.47. The van der Waals surface area contributed by atoms with Crippen LogP contribution in [-0.4, -0.2) is 19.5 Å². The Balaban J connectivity index is 1.35. The number of amidine groups is 1. The molecule has 0 saturated carbocycles. The lowest BCUT2D eigenvalue weighted by Crippen LogP contribution is -2.32. The van der Waals surface area contributed by atoms with E-state index >= 15 is 0 Å². The Labute approximate surface area is 165 Å². The van der Waals surface area contributed by atoms with Gasteiger partial charge in [-0.25, -0.2) is 4.99 Å².